The fraction of sp³-hybridized carbons (Fsp3) is 1.00. The van der Waals surface area contributed by atoms with Crippen LogP contribution in [0.15, 0.2) is 0 Å². The summed E-state index contributed by atoms with van der Waals surface area (Å²) in [7, 11) is 0. The van der Waals surface area contributed by atoms with E-state index in [1.165, 1.54) is 0 Å². The number of aliphatic hydroxyl groups is 10. The molecule has 2 heterocycles. The van der Waals surface area contributed by atoms with Gasteiger partial charge in [0.25, 0.3) is 0 Å². The van der Waals surface area contributed by atoms with Crippen molar-refractivity contribution in [1.29, 1.82) is 0 Å². The molecule has 0 amide bonds. The van der Waals surface area contributed by atoms with Crippen LogP contribution in [0, 0.1) is 0 Å². The van der Waals surface area contributed by atoms with Crippen LogP contribution in [0.3, 0.4) is 0 Å². The lowest BCUT2D eigenvalue weighted by Gasteiger charge is -2.22. The highest BCUT2D eigenvalue weighted by molar-refractivity contribution is 4.94. The van der Waals surface area contributed by atoms with Crippen LogP contribution in [0.2, 0.25) is 0 Å². The third-order valence-corrected chi connectivity index (χ3v) is 3.77. The molecule has 0 spiro atoms. The standard InChI is InChI=1S/2C6H12O6/c7-1-3-4(9)5(10)6(11,2-8)12-3;7-1-2(8)5-3(9)4(10)6(11)12-5/h3-5,7-11H,1-2H2;2-11H,1H2/t3-,4-,5+,6+;2?,3-,4-,5-,6-/m11/s1. The fourth-order valence-electron chi connectivity index (χ4n) is 2.25. The lowest BCUT2D eigenvalue weighted by atomic mass is 10.1. The summed E-state index contributed by atoms with van der Waals surface area (Å²) in [4.78, 5) is 0. The van der Waals surface area contributed by atoms with Gasteiger partial charge in [0.05, 0.1) is 19.8 Å². The molecule has 1 unspecified atom stereocenters. The lowest BCUT2D eigenvalue weighted by molar-refractivity contribution is -0.248. The minimum absolute atomic E-state index is 0.527. The van der Waals surface area contributed by atoms with Gasteiger partial charge in [0, 0.05) is 0 Å². The second-order valence-electron chi connectivity index (χ2n) is 5.50. The van der Waals surface area contributed by atoms with Crippen LogP contribution in [0.5, 0.6) is 0 Å². The first-order valence-corrected chi connectivity index (χ1v) is 7.09. The van der Waals surface area contributed by atoms with Crippen LogP contribution in [0.25, 0.3) is 0 Å². The maximum atomic E-state index is 9.25. The SMILES string of the molecule is OCC(O)[C@H]1O[C@@H](O)[C@H](O)[C@H]1O.OC[C@H]1O[C@@](O)(CO)[C@@H](O)[C@@H]1O. The van der Waals surface area contributed by atoms with Crippen molar-refractivity contribution in [3.05, 3.63) is 0 Å². The Morgan fingerprint density at radius 1 is 0.917 bits per heavy atom. The first-order valence-electron chi connectivity index (χ1n) is 7.09. The van der Waals surface area contributed by atoms with Gasteiger partial charge in [-0.15, -0.1) is 0 Å². The minimum atomic E-state index is -2.16. The van der Waals surface area contributed by atoms with Crippen LogP contribution < -0.4 is 0 Å². The van der Waals surface area contributed by atoms with Crippen molar-refractivity contribution < 1.29 is 60.5 Å². The number of hydrogen-bond acceptors (Lipinski definition) is 12. The van der Waals surface area contributed by atoms with E-state index in [2.05, 4.69) is 9.47 Å². The largest absolute Gasteiger partial charge is 0.394 e. The van der Waals surface area contributed by atoms with Crippen LogP contribution in [-0.4, -0.2) is 126 Å². The van der Waals surface area contributed by atoms with Gasteiger partial charge in [0.1, 0.15) is 42.7 Å². The quantitative estimate of drug-likeness (QED) is 0.226. The Hall–Kier alpha value is -0.480. The summed E-state index contributed by atoms with van der Waals surface area (Å²) in [5, 5.41) is 89.1. The van der Waals surface area contributed by atoms with Crippen molar-refractivity contribution in [2.45, 2.75) is 54.8 Å². The van der Waals surface area contributed by atoms with Gasteiger partial charge in [-0.05, 0) is 0 Å². The number of ether oxygens (including phenoxy) is 2. The molecule has 10 N–H and O–H groups in total. The van der Waals surface area contributed by atoms with Gasteiger partial charge >= 0.3 is 0 Å². The third kappa shape index (κ3) is 4.37. The molecule has 2 saturated heterocycles. The molecule has 2 aliphatic heterocycles. The van der Waals surface area contributed by atoms with E-state index in [0.717, 1.165) is 0 Å². The summed E-state index contributed by atoms with van der Waals surface area (Å²) in [5.41, 5.74) is 0. The molecule has 0 aliphatic carbocycles. The molecule has 12 heteroatoms. The lowest BCUT2D eigenvalue weighted by Crippen LogP contribution is -2.46. The monoisotopic (exact) mass is 360 g/mol. The summed E-state index contributed by atoms with van der Waals surface area (Å²) in [6.45, 7) is -1.95. The normalized spacial score (nSPS) is 46.5. The Morgan fingerprint density at radius 3 is 1.79 bits per heavy atom. The number of hydrogen-bond donors (Lipinski definition) is 10. The highest BCUT2D eigenvalue weighted by Gasteiger charge is 2.52. The Kier molecular flexibility index (Phi) is 7.86. The zero-order chi connectivity index (χ0) is 18.7. The van der Waals surface area contributed by atoms with Crippen molar-refractivity contribution >= 4 is 0 Å². The van der Waals surface area contributed by atoms with Gasteiger partial charge in [0.2, 0.25) is 5.79 Å². The van der Waals surface area contributed by atoms with Crippen molar-refractivity contribution in [2.24, 2.45) is 0 Å². The summed E-state index contributed by atoms with van der Waals surface area (Å²) in [5.74, 6) is -2.16. The molecule has 12 nitrogen and oxygen atoms in total. The second-order valence-corrected chi connectivity index (χ2v) is 5.50. The number of aliphatic hydroxyl groups excluding tert-OH is 9. The molecule has 0 saturated carbocycles. The first kappa shape index (κ1) is 21.6. The smallest absolute Gasteiger partial charge is 0.219 e. The van der Waals surface area contributed by atoms with Gasteiger partial charge in [0.15, 0.2) is 6.29 Å². The molecule has 0 aromatic heterocycles. The second kappa shape index (κ2) is 8.75. The Bertz CT molecular complexity index is 383. The van der Waals surface area contributed by atoms with Crippen LogP contribution in [0.4, 0.5) is 0 Å². The molecule has 0 radical (unpaired) electrons. The molecule has 24 heavy (non-hydrogen) atoms. The first-order chi connectivity index (χ1) is 11.1. The van der Waals surface area contributed by atoms with Gasteiger partial charge in [-0.1, -0.05) is 0 Å². The third-order valence-electron chi connectivity index (χ3n) is 3.77. The molecule has 0 bridgehead atoms. The van der Waals surface area contributed by atoms with Gasteiger partial charge in [-0.2, -0.15) is 0 Å². The highest BCUT2D eigenvalue weighted by Crippen LogP contribution is 2.28. The van der Waals surface area contributed by atoms with E-state index < -0.39 is 74.6 Å². The van der Waals surface area contributed by atoms with Gasteiger partial charge in [-0.3, -0.25) is 0 Å². The van der Waals surface area contributed by atoms with Gasteiger partial charge < -0.3 is 60.5 Å². The van der Waals surface area contributed by atoms with Crippen LogP contribution >= 0.6 is 0 Å². The van der Waals surface area contributed by atoms with E-state index in [1.54, 1.807) is 0 Å². The van der Waals surface area contributed by atoms with Crippen LogP contribution in [0.1, 0.15) is 0 Å². The van der Waals surface area contributed by atoms with E-state index >= 15 is 0 Å². The molecule has 144 valence electrons. The number of rotatable bonds is 4. The van der Waals surface area contributed by atoms with E-state index in [0.29, 0.717) is 0 Å². The van der Waals surface area contributed by atoms with E-state index in [-0.39, 0.29) is 0 Å². The average molecular weight is 360 g/mol. The van der Waals surface area contributed by atoms with Crippen molar-refractivity contribution in [3.63, 3.8) is 0 Å². The molecule has 2 fully saturated rings. The van der Waals surface area contributed by atoms with E-state index in [9.17, 15) is 5.11 Å². The zero-order valence-corrected chi connectivity index (χ0v) is 12.5. The molecule has 0 aromatic carbocycles. The van der Waals surface area contributed by atoms with E-state index in [4.69, 9.17) is 46.0 Å². The topological polar surface area (TPSA) is 221 Å². The van der Waals surface area contributed by atoms with Crippen LogP contribution in [-0.2, 0) is 9.47 Å². The zero-order valence-electron chi connectivity index (χ0n) is 12.5. The predicted octanol–water partition coefficient (Wildman–Crippen LogP) is -6.44. The molecule has 2 aliphatic rings. The molecular formula is C12H24O12. The fourth-order valence-corrected chi connectivity index (χ4v) is 2.25. The van der Waals surface area contributed by atoms with Crippen molar-refractivity contribution in [2.75, 3.05) is 19.8 Å². The van der Waals surface area contributed by atoms with Crippen molar-refractivity contribution in [3.8, 4) is 0 Å². The molecular weight excluding hydrogens is 336 g/mol. The highest BCUT2D eigenvalue weighted by atomic mass is 16.7. The summed E-state index contributed by atoms with van der Waals surface area (Å²) >= 11 is 0. The molecule has 2 rings (SSSR count). The van der Waals surface area contributed by atoms with Crippen molar-refractivity contribution in [1.82, 2.24) is 0 Å². The summed E-state index contributed by atoms with van der Waals surface area (Å²) in [6.07, 6.45) is -10.8. The maximum Gasteiger partial charge on any atom is 0.219 e. The average Bonchev–Trinajstić information content (AvgIpc) is 2.97. The minimum Gasteiger partial charge on any atom is -0.394 e. The molecule has 0 aromatic rings. The Morgan fingerprint density at radius 2 is 1.50 bits per heavy atom. The Labute approximate surface area is 136 Å². The maximum absolute atomic E-state index is 9.25. The predicted molar refractivity (Wildman–Crippen MR) is 72.0 cm³/mol. The summed E-state index contributed by atoms with van der Waals surface area (Å²) in [6, 6.07) is 0. The molecule has 9 atom stereocenters. The van der Waals surface area contributed by atoms with Gasteiger partial charge in [-0.25, -0.2) is 0 Å². The Balaban J connectivity index is 0.000000240. The van der Waals surface area contributed by atoms with E-state index in [1.807, 2.05) is 0 Å². The summed E-state index contributed by atoms with van der Waals surface area (Å²) < 4.78 is 9.21.